The number of hydrogen-bond donors (Lipinski definition) is 13. The van der Waals surface area contributed by atoms with Gasteiger partial charge in [0.25, 0.3) is 0 Å². The van der Waals surface area contributed by atoms with Gasteiger partial charge in [0.15, 0.2) is 23.0 Å². The molecular formula is C112H168N14O13. The van der Waals surface area contributed by atoms with Crippen LogP contribution in [0, 0.1) is 0 Å². The molecule has 0 saturated heterocycles. The Bertz CT molecular complexity index is 4630. The molecule has 0 bridgehead atoms. The van der Waals surface area contributed by atoms with Crippen molar-refractivity contribution in [2.24, 2.45) is 69.9 Å². The number of para-hydroxylation sites is 2. The molecule has 7 rings (SSSR count). The van der Waals surface area contributed by atoms with Gasteiger partial charge < -0.3 is 66.4 Å². The second-order valence-electron chi connectivity index (χ2n) is 32.9. The zero-order chi connectivity index (χ0) is 103. The highest BCUT2D eigenvalue weighted by Crippen LogP contribution is 2.40. The maximum atomic E-state index is 10.6. The third-order valence-corrected chi connectivity index (χ3v) is 20.4. The monoisotopic (exact) mass is 1920 g/mol. The number of benzene rings is 7. The first kappa shape index (κ1) is 124. The summed E-state index contributed by atoms with van der Waals surface area (Å²) in [7, 11) is 0. The minimum absolute atomic E-state index is 0.0356. The van der Waals surface area contributed by atoms with Crippen LogP contribution in [0.3, 0.4) is 0 Å². The van der Waals surface area contributed by atoms with E-state index in [9.17, 15) is 66.4 Å². The second-order valence-corrected chi connectivity index (χ2v) is 32.9. The van der Waals surface area contributed by atoms with Crippen molar-refractivity contribution in [1.82, 2.24) is 0 Å². The van der Waals surface area contributed by atoms with E-state index in [0.717, 1.165) is 274 Å². The van der Waals surface area contributed by atoms with E-state index in [0.29, 0.717) is 64.3 Å². The van der Waals surface area contributed by atoms with Crippen molar-refractivity contribution in [3.8, 4) is 74.7 Å². The Morgan fingerprint density at radius 2 is 0.367 bits per heavy atom. The predicted octanol–water partition coefficient (Wildman–Crippen LogP) is 25.0. The molecule has 0 aliphatic heterocycles. The van der Waals surface area contributed by atoms with Crippen molar-refractivity contribution in [3.63, 3.8) is 0 Å². The minimum atomic E-state index is -0.226. The number of rotatable bonds is 56. The van der Waals surface area contributed by atoms with E-state index in [1.165, 1.54) is 42.9 Å². The molecule has 0 heterocycles. The summed E-state index contributed by atoms with van der Waals surface area (Å²) in [5.74, 6) is -0.328. The first-order chi connectivity index (χ1) is 67.5. The van der Waals surface area contributed by atoms with Crippen LogP contribution in [0.5, 0.6) is 74.7 Å². The molecule has 0 aliphatic rings. The van der Waals surface area contributed by atoms with E-state index >= 15 is 0 Å². The van der Waals surface area contributed by atoms with Gasteiger partial charge >= 0.3 is 0 Å². The molecule has 0 aliphatic carbocycles. The number of phenols is 13. The highest BCUT2D eigenvalue weighted by molar-refractivity contribution is 6.04. The third kappa shape index (κ3) is 55.5. The standard InChI is InChI=1S/C21H33N3O3.C21H33N3O.3C16H24N2O2.C11H15NO2.C11H15NO/c1-4-7-10-22-13-16-19(25)17(14-23-11-8-5-2)21(27)18(20(16)26)15-24-12-9-6-3;1-4-7-10-22-15-18-13-19(16-23-11-8-5-2)21(25)20(14-18)17-24-12-9-6-3;1-3-5-9-17-11-13-7-8-14(16(20)15(13)19)12-18-10-6-4-2;1-3-5-7-17-11-13-9-16(20)14(10-15(13)19)12-18-8-6-4-2;1-3-5-7-17-11-13-9-14(12-18-8-6-4-2)16(20)10-15(13)19;1-2-3-7-12-8-9-5-4-6-10(13)11(9)14;1-2-3-8-12-9-10-6-4-5-7-11(10)13/h13-15,25-27H,4-12H2,1-3H3;13-17,25H,4-12H2,1-3H3;7-8,11-12,19-20H,3-6,9-10H2,1-2H3;2*9-12,19-20H,3-8H2,1-2H3;4-6,8,13-14H,2-3,7H2,1H3;4-7,9,13H,2-3,8H2,1H3. The fourth-order valence-corrected chi connectivity index (χ4v) is 11.6. The largest absolute Gasteiger partial charge is 0.507 e. The minimum Gasteiger partial charge on any atom is -0.507 e. The van der Waals surface area contributed by atoms with Crippen LogP contribution in [0.1, 0.15) is 355 Å². The molecule has 0 unspecified atom stereocenters. The molecule has 0 amide bonds. The molecule has 7 aromatic carbocycles. The first-order valence-corrected chi connectivity index (χ1v) is 50.6. The number of nitrogens with zero attached hydrogens (tertiary/aromatic N) is 14. The Hall–Kier alpha value is -12.7. The van der Waals surface area contributed by atoms with Crippen LogP contribution in [0.2, 0.25) is 0 Å². The van der Waals surface area contributed by atoms with Crippen molar-refractivity contribution in [2.75, 3.05) is 91.6 Å². The van der Waals surface area contributed by atoms with Crippen molar-refractivity contribution >= 4 is 87.0 Å². The van der Waals surface area contributed by atoms with Gasteiger partial charge in [0, 0.05) is 240 Å². The van der Waals surface area contributed by atoms with Gasteiger partial charge in [-0.1, -0.05) is 205 Å². The van der Waals surface area contributed by atoms with E-state index in [-0.39, 0.29) is 85.7 Å². The van der Waals surface area contributed by atoms with Crippen LogP contribution in [0.4, 0.5) is 0 Å². The molecule has 0 atom stereocenters. The van der Waals surface area contributed by atoms with E-state index < -0.39 is 0 Å². The summed E-state index contributed by atoms with van der Waals surface area (Å²) >= 11 is 0. The lowest BCUT2D eigenvalue weighted by Crippen LogP contribution is -1.99. The van der Waals surface area contributed by atoms with Gasteiger partial charge in [-0.2, -0.15) is 0 Å². The highest BCUT2D eigenvalue weighted by Gasteiger charge is 2.22. The smallest absolute Gasteiger partial charge is 0.167 e. The van der Waals surface area contributed by atoms with Crippen molar-refractivity contribution in [2.45, 2.75) is 277 Å². The maximum Gasteiger partial charge on any atom is 0.167 e. The summed E-state index contributed by atoms with van der Waals surface area (Å²) in [5, 5.41) is 129. The summed E-state index contributed by atoms with van der Waals surface area (Å²) < 4.78 is 0. The third-order valence-electron chi connectivity index (χ3n) is 20.4. The van der Waals surface area contributed by atoms with Crippen LogP contribution in [-0.4, -0.2) is 245 Å². The lowest BCUT2D eigenvalue weighted by Gasteiger charge is -2.12. The molecule has 0 fully saturated rings. The topological polar surface area (TPSA) is 436 Å². The zero-order valence-corrected chi connectivity index (χ0v) is 86.0. The number of phenolic OH excluding ortho intramolecular Hbond substituents is 13. The molecule has 0 saturated carbocycles. The number of aliphatic imine (C=N–C) groups is 14. The van der Waals surface area contributed by atoms with Gasteiger partial charge in [0.05, 0.1) is 16.7 Å². The first-order valence-electron chi connectivity index (χ1n) is 50.6. The summed E-state index contributed by atoms with van der Waals surface area (Å²) in [6.45, 7) is 39.8. The number of unbranched alkanes of at least 4 members (excludes halogenated alkanes) is 14. The molecule has 139 heavy (non-hydrogen) atoms. The van der Waals surface area contributed by atoms with Gasteiger partial charge in [0.2, 0.25) is 0 Å². The van der Waals surface area contributed by atoms with Crippen molar-refractivity contribution < 1.29 is 66.4 Å². The zero-order valence-electron chi connectivity index (χ0n) is 86.0. The molecule has 0 radical (unpaired) electrons. The molecule has 0 aromatic heterocycles. The Balaban J connectivity index is 0.000000820. The number of aromatic hydroxyl groups is 13. The van der Waals surface area contributed by atoms with Crippen LogP contribution in [-0.2, 0) is 0 Å². The second kappa shape index (κ2) is 82.4. The Morgan fingerprint density at radius 1 is 0.158 bits per heavy atom. The van der Waals surface area contributed by atoms with Gasteiger partial charge in [-0.05, 0) is 162 Å². The molecule has 27 heteroatoms. The molecule has 13 N–H and O–H groups in total. The van der Waals surface area contributed by atoms with Gasteiger partial charge in [-0.25, -0.2) is 0 Å². The molecular weight excluding hydrogens is 1750 g/mol. The normalized spacial score (nSPS) is 11.7. The summed E-state index contributed by atoms with van der Waals surface area (Å²) in [5.41, 5.74) is 7.66. The fraction of sp³-hybridized carbons (Fsp3) is 0.500. The van der Waals surface area contributed by atoms with Crippen molar-refractivity contribution in [1.29, 1.82) is 0 Å². The van der Waals surface area contributed by atoms with Crippen LogP contribution >= 0.6 is 0 Å². The van der Waals surface area contributed by atoms with E-state index in [1.54, 1.807) is 105 Å². The Kier molecular flexibility index (Phi) is 73.7. The average molecular weight is 1920 g/mol. The average Bonchev–Trinajstić information content (AvgIpc) is 0.779. The van der Waals surface area contributed by atoms with Gasteiger partial charge in [-0.3, -0.25) is 69.9 Å². The summed E-state index contributed by atoms with van der Waals surface area (Å²) in [6.07, 6.45) is 52.2. The number of hydrogen-bond acceptors (Lipinski definition) is 27. The summed E-state index contributed by atoms with van der Waals surface area (Å²) in [6, 6.07) is 25.5. The molecule has 764 valence electrons. The SMILES string of the molecule is CCCCN=Cc1c(O)c(C=NCCCC)c(O)c(C=NCCCC)c1O.CCCCN=Cc1cc(C=NCCCC)c(O)c(C=NCCCC)c1.CCCCN=Cc1cc(C=NCCCC)c(O)cc1O.CCCCN=Cc1cc(O)c(C=NCCCC)cc1O.CCCCN=Cc1ccc(C=NCCCC)c(O)c1O.CCCCN=Cc1cccc(O)c1O.CCCCN=Cc1ccccc1O. The predicted molar refractivity (Wildman–Crippen MR) is 590 cm³/mol. The molecule has 7 aromatic rings. The lowest BCUT2D eigenvalue weighted by molar-refractivity contribution is 0.402. The quantitative estimate of drug-likeness (QED) is 0.00730. The maximum absolute atomic E-state index is 10.6. The fourth-order valence-electron chi connectivity index (χ4n) is 11.6. The van der Waals surface area contributed by atoms with E-state index in [2.05, 4.69) is 167 Å². The van der Waals surface area contributed by atoms with E-state index in [1.807, 2.05) is 30.5 Å². The summed E-state index contributed by atoms with van der Waals surface area (Å²) in [4.78, 5) is 59.9. The van der Waals surface area contributed by atoms with E-state index in [4.69, 9.17) is 0 Å². The van der Waals surface area contributed by atoms with Crippen LogP contribution in [0.15, 0.2) is 161 Å². The van der Waals surface area contributed by atoms with Gasteiger partial charge in [0.1, 0.15) is 51.7 Å². The highest BCUT2D eigenvalue weighted by atomic mass is 16.3. The van der Waals surface area contributed by atoms with Crippen LogP contribution in [0.25, 0.3) is 0 Å². The Morgan fingerprint density at radius 3 is 0.640 bits per heavy atom. The lowest BCUT2D eigenvalue weighted by atomic mass is 10.0. The van der Waals surface area contributed by atoms with Crippen molar-refractivity contribution in [3.05, 3.63) is 169 Å². The molecule has 0 spiro atoms. The Labute approximate surface area is 830 Å². The van der Waals surface area contributed by atoms with Crippen LogP contribution < -0.4 is 0 Å². The van der Waals surface area contributed by atoms with Gasteiger partial charge in [-0.15, -0.1) is 0 Å². The molecule has 27 nitrogen and oxygen atoms in total.